The van der Waals surface area contributed by atoms with Crippen molar-refractivity contribution in [1.29, 1.82) is 0 Å². The van der Waals surface area contributed by atoms with E-state index >= 15 is 0 Å². The number of likely N-dealkylation sites (N-methyl/N-ethyl adjacent to an activating group) is 1. The van der Waals surface area contributed by atoms with Gasteiger partial charge in [-0.15, -0.1) is 0 Å². The average Bonchev–Trinajstić information content (AvgIpc) is 2.69. The number of hydrogen-bond donors (Lipinski definition) is 1. The highest BCUT2D eigenvalue weighted by Crippen LogP contribution is 2.19. The minimum atomic E-state index is 0.538. The van der Waals surface area contributed by atoms with Gasteiger partial charge in [0.25, 0.3) is 0 Å². The van der Waals surface area contributed by atoms with Crippen LogP contribution in [0.3, 0.4) is 0 Å². The van der Waals surface area contributed by atoms with E-state index in [1.165, 1.54) is 13.0 Å². The zero-order valence-corrected chi connectivity index (χ0v) is 13.7. The second kappa shape index (κ2) is 8.29. The van der Waals surface area contributed by atoms with Crippen LogP contribution in [-0.4, -0.2) is 54.1 Å². The summed E-state index contributed by atoms with van der Waals surface area (Å²) in [7, 11) is 2.21. The summed E-state index contributed by atoms with van der Waals surface area (Å²) < 4.78 is 0. The van der Waals surface area contributed by atoms with Gasteiger partial charge in [-0.1, -0.05) is 13.8 Å². The lowest BCUT2D eigenvalue weighted by Crippen LogP contribution is -2.40. The Kier molecular flexibility index (Phi) is 6.39. The predicted molar refractivity (Wildman–Crippen MR) is 87.6 cm³/mol. The van der Waals surface area contributed by atoms with Crippen LogP contribution in [0.15, 0.2) is 12.4 Å². The van der Waals surface area contributed by atoms with Crippen LogP contribution in [0.2, 0.25) is 0 Å². The van der Waals surface area contributed by atoms with Crippen molar-refractivity contribution >= 4 is 5.82 Å². The summed E-state index contributed by atoms with van der Waals surface area (Å²) in [6.45, 7) is 9.61. The molecule has 1 aromatic rings. The number of hydrogen-bond acceptors (Lipinski definition) is 5. The lowest BCUT2D eigenvalue weighted by atomic mass is 10.2. The first-order valence-corrected chi connectivity index (χ1v) is 8.21. The first kappa shape index (κ1) is 16.2. The molecule has 2 rings (SSSR count). The van der Waals surface area contributed by atoms with Gasteiger partial charge in [-0.3, -0.25) is 4.98 Å². The maximum atomic E-state index is 4.65. The van der Waals surface area contributed by atoms with Gasteiger partial charge in [0.1, 0.15) is 5.82 Å². The van der Waals surface area contributed by atoms with Gasteiger partial charge in [0.15, 0.2) is 0 Å². The van der Waals surface area contributed by atoms with E-state index in [1.807, 2.05) is 12.4 Å². The van der Waals surface area contributed by atoms with Gasteiger partial charge in [0.2, 0.25) is 0 Å². The molecule has 0 aliphatic carbocycles. The highest BCUT2D eigenvalue weighted by atomic mass is 15.3. The fourth-order valence-electron chi connectivity index (χ4n) is 2.88. The molecule has 1 fully saturated rings. The zero-order chi connectivity index (χ0) is 15.1. The van der Waals surface area contributed by atoms with Gasteiger partial charge in [-0.05, 0) is 39.4 Å². The van der Waals surface area contributed by atoms with Crippen LogP contribution in [0.4, 0.5) is 5.82 Å². The molecule has 0 saturated carbocycles. The minimum Gasteiger partial charge on any atom is -0.351 e. The third-order valence-electron chi connectivity index (χ3n) is 4.09. The zero-order valence-electron chi connectivity index (χ0n) is 13.7. The van der Waals surface area contributed by atoms with Crippen molar-refractivity contribution in [1.82, 2.24) is 20.2 Å². The normalized spacial score (nSPS) is 20.5. The summed E-state index contributed by atoms with van der Waals surface area (Å²) in [6, 6.07) is 0.538. The van der Waals surface area contributed by atoms with E-state index in [0.29, 0.717) is 6.04 Å². The minimum absolute atomic E-state index is 0.538. The molecule has 1 aromatic heterocycles. The van der Waals surface area contributed by atoms with Gasteiger partial charge in [-0.2, -0.15) is 0 Å². The molecule has 0 aromatic carbocycles. The fourth-order valence-corrected chi connectivity index (χ4v) is 2.88. The molecule has 0 spiro atoms. The quantitative estimate of drug-likeness (QED) is 0.811. The first-order chi connectivity index (χ1) is 10.2. The van der Waals surface area contributed by atoms with Crippen LogP contribution >= 0.6 is 0 Å². The Balaban J connectivity index is 2.02. The van der Waals surface area contributed by atoms with Crippen molar-refractivity contribution in [2.24, 2.45) is 0 Å². The lowest BCUT2D eigenvalue weighted by molar-refractivity contribution is 0.327. The van der Waals surface area contributed by atoms with Crippen LogP contribution in [0.25, 0.3) is 0 Å². The number of nitrogens with zero attached hydrogens (tertiary/aromatic N) is 4. The van der Waals surface area contributed by atoms with E-state index in [0.717, 1.165) is 50.5 Å². The molecule has 0 radical (unpaired) electrons. The van der Waals surface area contributed by atoms with Crippen molar-refractivity contribution in [3.63, 3.8) is 0 Å². The summed E-state index contributed by atoms with van der Waals surface area (Å²) in [6.07, 6.45) is 7.33. The molecule has 2 heterocycles. The maximum Gasteiger partial charge on any atom is 0.147 e. The highest BCUT2D eigenvalue weighted by Gasteiger charge is 2.23. The summed E-state index contributed by atoms with van der Waals surface area (Å²) in [5, 5.41) is 3.36. The van der Waals surface area contributed by atoms with Gasteiger partial charge in [0, 0.05) is 25.7 Å². The van der Waals surface area contributed by atoms with Gasteiger partial charge in [0.05, 0.1) is 18.1 Å². The summed E-state index contributed by atoms with van der Waals surface area (Å²) in [4.78, 5) is 14.1. The molecule has 1 aliphatic heterocycles. The van der Waals surface area contributed by atoms with Crippen LogP contribution in [0.5, 0.6) is 0 Å². The number of nitrogens with one attached hydrogen (secondary N) is 1. The Bertz CT molecular complexity index is 406. The molecular weight excluding hydrogens is 262 g/mol. The molecule has 1 unspecified atom stereocenters. The van der Waals surface area contributed by atoms with E-state index in [4.69, 9.17) is 0 Å². The molecule has 0 amide bonds. The fraction of sp³-hybridized carbons (Fsp3) is 0.750. The third kappa shape index (κ3) is 4.64. The van der Waals surface area contributed by atoms with Crippen molar-refractivity contribution in [3.8, 4) is 0 Å². The van der Waals surface area contributed by atoms with Crippen LogP contribution < -0.4 is 10.2 Å². The molecule has 0 bridgehead atoms. The molecule has 1 aliphatic rings. The second-order valence-electron chi connectivity index (χ2n) is 5.91. The smallest absolute Gasteiger partial charge is 0.147 e. The molecule has 5 nitrogen and oxygen atoms in total. The van der Waals surface area contributed by atoms with E-state index in [9.17, 15) is 0 Å². The molecule has 1 N–H and O–H groups in total. The maximum absolute atomic E-state index is 4.65. The number of rotatable bonds is 6. The first-order valence-electron chi connectivity index (χ1n) is 8.21. The predicted octanol–water partition coefficient (Wildman–Crippen LogP) is 1.90. The number of anilines is 1. The summed E-state index contributed by atoms with van der Waals surface area (Å²) >= 11 is 0. The number of aromatic nitrogens is 2. The topological polar surface area (TPSA) is 44.3 Å². The highest BCUT2D eigenvalue weighted by molar-refractivity contribution is 5.37. The van der Waals surface area contributed by atoms with Crippen molar-refractivity contribution in [2.75, 3.05) is 38.1 Å². The Labute approximate surface area is 128 Å². The van der Waals surface area contributed by atoms with E-state index in [-0.39, 0.29) is 0 Å². The molecule has 1 saturated heterocycles. The van der Waals surface area contributed by atoms with Gasteiger partial charge >= 0.3 is 0 Å². The monoisotopic (exact) mass is 291 g/mol. The Hall–Kier alpha value is -1.20. The summed E-state index contributed by atoms with van der Waals surface area (Å²) in [5.41, 5.74) is 1.02. The molecule has 21 heavy (non-hydrogen) atoms. The van der Waals surface area contributed by atoms with Gasteiger partial charge in [-0.25, -0.2) is 4.98 Å². The van der Waals surface area contributed by atoms with Crippen LogP contribution in [0.1, 0.15) is 38.8 Å². The standard InChI is InChI=1S/C16H29N5/c1-4-7-17-10-14-11-19-16(12-18-14)21-9-6-8-20(3)13-15(21)5-2/h11-12,15,17H,4-10,13H2,1-3H3. The van der Waals surface area contributed by atoms with E-state index < -0.39 is 0 Å². The summed E-state index contributed by atoms with van der Waals surface area (Å²) in [5.74, 6) is 1.02. The molecular formula is C16H29N5. The lowest BCUT2D eigenvalue weighted by Gasteiger charge is -2.31. The van der Waals surface area contributed by atoms with Gasteiger partial charge < -0.3 is 15.1 Å². The molecule has 5 heteroatoms. The van der Waals surface area contributed by atoms with Crippen molar-refractivity contribution < 1.29 is 0 Å². The third-order valence-corrected chi connectivity index (χ3v) is 4.09. The second-order valence-corrected chi connectivity index (χ2v) is 5.91. The van der Waals surface area contributed by atoms with Crippen molar-refractivity contribution in [2.45, 2.75) is 45.7 Å². The van der Waals surface area contributed by atoms with E-state index in [2.05, 4.69) is 46.0 Å². The van der Waals surface area contributed by atoms with Crippen LogP contribution in [-0.2, 0) is 6.54 Å². The average molecular weight is 291 g/mol. The molecule has 1 atom stereocenters. The SMILES string of the molecule is CCCNCc1cnc(N2CCCN(C)CC2CC)cn1. The van der Waals surface area contributed by atoms with Crippen LogP contribution in [0, 0.1) is 0 Å². The Morgan fingerprint density at radius 2 is 2.10 bits per heavy atom. The van der Waals surface area contributed by atoms with Crippen molar-refractivity contribution in [3.05, 3.63) is 18.1 Å². The Morgan fingerprint density at radius 1 is 1.24 bits per heavy atom. The molecule has 118 valence electrons. The largest absolute Gasteiger partial charge is 0.351 e. The Morgan fingerprint density at radius 3 is 2.76 bits per heavy atom. The van der Waals surface area contributed by atoms with E-state index in [1.54, 1.807) is 0 Å².